The molecule has 0 aliphatic rings. The molecule has 4 nitrogen and oxygen atoms in total. The number of benzene rings is 2. The highest BCUT2D eigenvalue weighted by Gasteiger charge is 2.17. The standard InChI is InChI=1S/C17H17FO4S/c1-3-5-13-8-9-16(17(11-13)21-2)22-23(19,20)12-14-6-4-7-15(18)10-14/h3-4,6-11H,1,5,12H2,2H3. The van der Waals surface area contributed by atoms with Crippen molar-refractivity contribution >= 4 is 10.1 Å². The minimum atomic E-state index is -3.93. The summed E-state index contributed by atoms with van der Waals surface area (Å²) in [6, 6.07) is 10.3. The summed E-state index contributed by atoms with van der Waals surface area (Å²) in [5.74, 6) is -0.518. The first-order valence-electron chi connectivity index (χ1n) is 6.88. The van der Waals surface area contributed by atoms with Crippen molar-refractivity contribution in [2.75, 3.05) is 7.11 Å². The lowest BCUT2D eigenvalue weighted by molar-refractivity contribution is 0.390. The van der Waals surface area contributed by atoms with Gasteiger partial charge in [0.2, 0.25) is 0 Å². The van der Waals surface area contributed by atoms with Crippen LogP contribution in [0.3, 0.4) is 0 Å². The monoisotopic (exact) mass is 336 g/mol. The molecule has 0 radical (unpaired) electrons. The van der Waals surface area contributed by atoms with Gasteiger partial charge in [-0.2, -0.15) is 8.42 Å². The van der Waals surface area contributed by atoms with E-state index in [1.54, 1.807) is 18.2 Å². The summed E-state index contributed by atoms with van der Waals surface area (Å²) in [7, 11) is -2.50. The molecule has 2 aromatic rings. The Morgan fingerprint density at radius 1 is 1.13 bits per heavy atom. The Bertz CT molecular complexity index is 800. The first kappa shape index (κ1) is 17.0. The van der Waals surface area contributed by atoms with Crippen LogP contribution >= 0.6 is 0 Å². The summed E-state index contributed by atoms with van der Waals surface area (Å²) >= 11 is 0. The van der Waals surface area contributed by atoms with Crippen LogP contribution in [0.5, 0.6) is 11.5 Å². The van der Waals surface area contributed by atoms with Gasteiger partial charge in [-0.1, -0.05) is 24.3 Å². The molecular formula is C17H17FO4S. The van der Waals surface area contributed by atoms with Crippen LogP contribution in [0.4, 0.5) is 4.39 Å². The average Bonchev–Trinajstić information content (AvgIpc) is 2.48. The predicted octanol–water partition coefficient (Wildman–Crippen LogP) is 3.47. The maximum absolute atomic E-state index is 13.1. The van der Waals surface area contributed by atoms with E-state index in [1.807, 2.05) is 0 Å². The van der Waals surface area contributed by atoms with Gasteiger partial charge in [-0.15, -0.1) is 6.58 Å². The van der Waals surface area contributed by atoms with E-state index < -0.39 is 21.7 Å². The third-order valence-corrected chi connectivity index (χ3v) is 4.18. The summed E-state index contributed by atoms with van der Waals surface area (Å²) < 4.78 is 47.7. The lowest BCUT2D eigenvalue weighted by Gasteiger charge is -2.12. The topological polar surface area (TPSA) is 52.6 Å². The molecule has 0 spiro atoms. The van der Waals surface area contributed by atoms with Crippen LogP contribution in [0.2, 0.25) is 0 Å². The van der Waals surface area contributed by atoms with Crippen molar-refractivity contribution in [1.82, 2.24) is 0 Å². The fourth-order valence-electron chi connectivity index (χ4n) is 2.07. The summed E-state index contributed by atoms with van der Waals surface area (Å²) in [5, 5.41) is 0. The third kappa shape index (κ3) is 4.82. The fraction of sp³-hybridized carbons (Fsp3) is 0.176. The zero-order valence-electron chi connectivity index (χ0n) is 12.7. The van der Waals surface area contributed by atoms with E-state index >= 15 is 0 Å². The number of ether oxygens (including phenoxy) is 1. The van der Waals surface area contributed by atoms with Crippen molar-refractivity contribution in [1.29, 1.82) is 0 Å². The lowest BCUT2D eigenvalue weighted by Crippen LogP contribution is -2.13. The molecule has 0 aromatic heterocycles. The highest BCUT2D eigenvalue weighted by atomic mass is 32.2. The molecule has 0 saturated heterocycles. The molecule has 122 valence electrons. The Hall–Kier alpha value is -2.34. The first-order chi connectivity index (χ1) is 10.9. The zero-order valence-corrected chi connectivity index (χ0v) is 13.5. The van der Waals surface area contributed by atoms with Crippen molar-refractivity contribution in [3.8, 4) is 11.5 Å². The van der Waals surface area contributed by atoms with Crippen LogP contribution in [0.25, 0.3) is 0 Å². The first-order valence-corrected chi connectivity index (χ1v) is 8.45. The molecule has 6 heteroatoms. The van der Waals surface area contributed by atoms with Crippen molar-refractivity contribution in [3.05, 3.63) is 72.1 Å². The van der Waals surface area contributed by atoms with Crippen molar-refractivity contribution < 1.29 is 21.7 Å². The van der Waals surface area contributed by atoms with Crippen LogP contribution < -0.4 is 8.92 Å². The zero-order chi connectivity index (χ0) is 16.9. The number of hydrogen-bond acceptors (Lipinski definition) is 4. The Kier molecular flexibility index (Phi) is 5.39. The SMILES string of the molecule is C=CCc1ccc(OS(=O)(=O)Cc2cccc(F)c2)c(OC)c1. The lowest BCUT2D eigenvalue weighted by atomic mass is 10.1. The smallest absolute Gasteiger partial charge is 0.313 e. The highest BCUT2D eigenvalue weighted by molar-refractivity contribution is 7.86. The van der Waals surface area contributed by atoms with E-state index in [0.717, 1.165) is 11.6 Å². The van der Waals surface area contributed by atoms with E-state index in [0.29, 0.717) is 17.7 Å². The molecule has 23 heavy (non-hydrogen) atoms. The van der Waals surface area contributed by atoms with Gasteiger partial charge in [-0.05, 0) is 41.8 Å². The molecular weight excluding hydrogens is 319 g/mol. The molecule has 2 aromatic carbocycles. The second kappa shape index (κ2) is 7.28. The maximum atomic E-state index is 13.1. The minimum absolute atomic E-state index is 0.0942. The average molecular weight is 336 g/mol. The quantitative estimate of drug-likeness (QED) is 0.574. The Balaban J connectivity index is 2.21. The molecule has 0 saturated carbocycles. The van der Waals surface area contributed by atoms with Gasteiger partial charge in [0.25, 0.3) is 0 Å². The molecule has 2 rings (SSSR count). The summed E-state index contributed by atoms with van der Waals surface area (Å²) in [6.07, 6.45) is 2.36. The van der Waals surface area contributed by atoms with Crippen molar-refractivity contribution in [3.63, 3.8) is 0 Å². The minimum Gasteiger partial charge on any atom is -0.493 e. The number of methoxy groups -OCH3 is 1. The van der Waals surface area contributed by atoms with E-state index in [9.17, 15) is 12.8 Å². The summed E-state index contributed by atoms with van der Waals surface area (Å²) in [4.78, 5) is 0. The highest BCUT2D eigenvalue weighted by Crippen LogP contribution is 2.30. The van der Waals surface area contributed by atoms with Gasteiger partial charge in [0.15, 0.2) is 11.5 Å². The van der Waals surface area contributed by atoms with Gasteiger partial charge < -0.3 is 8.92 Å². The van der Waals surface area contributed by atoms with Crippen molar-refractivity contribution in [2.24, 2.45) is 0 Å². The molecule has 0 aliphatic heterocycles. The molecule has 0 aliphatic carbocycles. The number of allylic oxidation sites excluding steroid dienone is 1. The molecule has 0 heterocycles. The second-order valence-corrected chi connectivity index (χ2v) is 6.46. The number of hydrogen-bond donors (Lipinski definition) is 0. The molecule has 0 unspecified atom stereocenters. The third-order valence-electron chi connectivity index (χ3n) is 3.06. The Labute approximate surface area is 135 Å². The van der Waals surface area contributed by atoms with Gasteiger partial charge in [-0.25, -0.2) is 4.39 Å². The fourth-order valence-corrected chi connectivity index (χ4v) is 3.13. The summed E-state index contributed by atoms with van der Waals surface area (Å²) in [6.45, 7) is 3.65. The maximum Gasteiger partial charge on any atom is 0.313 e. The normalized spacial score (nSPS) is 11.0. The number of rotatable bonds is 7. The van der Waals surface area contributed by atoms with Gasteiger partial charge in [0.1, 0.15) is 11.6 Å². The van der Waals surface area contributed by atoms with E-state index in [4.69, 9.17) is 8.92 Å². The molecule has 0 fully saturated rings. The largest absolute Gasteiger partial charge is 0.493 e. The predicted molar refractivity (Wildman–Crippen MR) is 86.5 cm³/mol. The molecule has 0 bridgehead atoms. The van der Waals surface area contributed by atoms with Crippen molar-refractivity contribution in [2.45, 2.75) is 12.2 Å². The Morgan fingerprint density at radius 2 is 1.91 bits per heavy atom. The van der Waals surface area contributed by atoms with Crippen LogP contribution in [-0.2, 0) is 22.3 Å². The van der Waals surface area contributed by atoms with Gasteiger partial charge in [-0.3, -0.25) is 0 Å². The second-order valence-electron chi connectivity index (χ2n) is 4.89. The summed E-state index contributed by atoms with van der Waals surface area (Å²) in [5.41, 5.74) is 1.24. The number of halogens is 1. The van der Waals surface area contributed by atoms with Crippen LogP contribution in [-0.4, -0.2) is 15.5 Å². The van der Waals surface area contributed by atoms with Gasteiger partial charge in [0.05, 0.1) is 7.11 Å². The van der Waals surface area contributed by atoms with E-state index in [2.05, 4.69) is 6.58 Å². The molecule has 0 atom stereocenters. The van der Waals surface area contributed by atoms with E-state index in [1.165, 1.54) is 31.4 Å². The van der Waals surface area contributed by atoms with Crippen LogP contribution in [0.15, 0.2) is 55.1 Å². The van der Waals surface area contributed by atoms with Crippen LogP contribution in [0.1, 0.15) is 11.1 Å². The molecule has 0 amide bonds. The Morgan fingerprint density at radius 3 is 2.57 bits per heavy atom. The van der Waals surface area contributed by atoms with Gasteiger partial charge in [0, 0.05) is 0 Å². The van der Waals surface area contributed by atoms with E-state index in [-0.39, 0.29) is 5.75 Å². The van der Waals surface area contributed by atoms with Gasteiger partial charge >= 0.3 is 10.1 Å². The molecule has 0 N–H and O–H groups in total. The van der Waals surface area contributed by atoms with Crippen LogP contribution in [0, 0.1) is 5.82 Å².